The van der Waals surface area contributed by atoms with Gasteiger partial charge in [0.05, 0.1) is 28.7 Å². The average molecular weight is 293 g/mol. The van der Waals surface area contributed by atoms with E-state index in [-0.39, 0.29) is 11.1 Å². The van der Waals surface area contributed by atoms with Crippen LogP contribution in [-0.2, 0) is 0 Å². The van der Waals surface area contributed by atoms with Crippen LogP contribution in [0.1, 0.15) is 0 Å². The van der Waals surface area contributed by atoms with Crippen molar-refractivity contribution in [3.63, 3.8) is 0 Å². The number of halogens is 2. The molecule has 6 heteroatoms. The Hall–Kier alpha value is -2.27. The van der Waals surface area contributed by atoms with Crippen LogP contribution in [0.15, 0.2) is 36.4 Å². The summed E-state index contributed by atoms with van der Waals surface area (Å²) in [5.74, 6) is -0.0201. The van der Waals surface area contributed by atoms with E-state index in [0.717, 1.165) is 4.68 Å². The summed E-state index contributed by atoms with van der Waals surface area (Å²) < 4.78 is 20.5. The van der Waals surface area contributed by atoms with Gasteiger partial charge >= 0.3 is 0 Å². The molecule has 2 aromatic carbocycles. The third kappa shape index (κ3) is 1.96. The number of aromatic hydroxyl groups is 1. The molecule has 0 saturated carbocycles. The van der Waals surface area contributed by atoms with Gasteiger partial charge in [0, 0.05) is 6.07 Å². The van der Waals surface area contributed by atoms with E-state index in [9.17, 15) is 9.50 Å². The number of nitrogens with zero attached hydrogens (tertiary/aromatic N) is 2. The molecule has 1 heterocycles. The first-order valence-electron chi connectivity index (χ1n) is 5.81. The molecule has 3 rings (SSSR count). The molecule has 0 saturated heterocycles. The molecule has 0 fully saturated rings. The number of phenolic OH excluding ortho intramolecular Hbond substituents is 1. The molecule has 0 atom stereocenters. The predicted molar refractivity (Wildman–Crippen MR) is 74.3 cm³/mol. The zero-order chi connectivity index (χ0) is 14.3. The van der Waals surface area contributed by atoms with E-state index >= 15 is 0 Å². The average Bonchev–Trinajstić information content (AvgIpc) is 2.76. The van der Waals surface area contributed by atoms with Crippen LogP contribution < -0.4 is 4.74 Å². The summed E-state index contributed by atoms with van der Waals surface area (Å²) in [5, 5.41) is 14.1. The van der Waals surface area contributed by atoms with Crippen molar-refractivity contribution in [3.8, 4) is 17.2 Å². The van der Waals surface area contributed by atoms with Crippen LogP contribution >= 0.6 is 11.6 Å². The summed E-state index contributed by atoms with van der Waals surface area (Å²) in [6.45, 7) is 0. The molecule has 0 radical (unpaired) electrons. The maximum absolute atomic E-state index is 14.4. The van der Waals surface area contributed by atoms with Crippen LogP contribution in [-0.4, -0.2) is 22.0 Å². The van der Waals surface area contributed by atoms with Gasteiger partial charge < -0.3 is 9.84 Å². The SMILES string of the molecule is COc1ccc(-n2nc3ccc(O)cc3c2F)c(Cl)c1. The van der Waals surface area contributed by atoms with E-state index in [4.69, 9.17) is 16.3 Å². The lowest BCUT2D eigenvalue weighted by Crippen LogP contribution is -2.00. The number of methoxy groups -OCH3 is 1. The summed E-state index contributed by atoms with van der Waals surface area (Å²) in [5.41, 5.74) is 0.841. The highest BCUT2D eigenvalue weighted by Crippen LogP contribution is 2.29. The molecule has 20 heavy (non-hydrogen) atoms. The van der Waals surface area contributed by atoms with Crippen molar-refractivity contribution in [2.45, 2.75) is 0 Å². The summed E-state index contributed by atoms with van der Waals surface area (Å²) in [6.07, 6.45) is 0. The van der Waals surface area contributed by atoms with E-state index in [1.807, 2.05) is 0 Å². The first-order valence-corrected chi connectivity index (χ1v) is 6.19. The second-order valence-corrected chi connectivity index (χ2v) is 4.63. The molecule has 0 aliphatic rings. The van der Waals surface area contributed by atoms with Gasteiger partial charge in [-0.2, -0.15) is 9.49 Å². The number of phenols is 1. The van der Waals surface area contributed by atoms with Crippen LogP contribution in [0.2, 0.25) is 5.02 Å². The Bertz CT molecular complexity index is 801. The molecule has 0 aliphatic carbocycles. The fourth-order valence-electron chi connectivity index (χ4n) is 1.99. The van der Waals surface area contributed by atoms with Gasteiger partial charge in [0.1, 0.15) is 11.5 Å². The van der Waals surface area contributed by atoms with Gasteiger partial charge in [-0.3, -0.25) is 0 Å². The van der Waals surface area contributed by atoms with E-state index in [2.05, 4.69) is 5.10 Å². The quantitative estimate of drug-likeness (QED) is 0.786. The van der Waals surface area contributed by atoms with Crippen molar-refractivity contribution < 1.29 is 14.2 Å². The van der Waals surface area contributed by atoms with Crippen molar-refractivity contribution in [1.29, 1.82) is 0 Å². The number of hydrogen-bond acceptors (Lipinski definition) is 3. The number of hydrogen-bond donors (Lipinski definition) is 1. The molecular weight excluding hydrogens is 283 g/mol. The van der Waals surface area contributed by atoms with E-state index in [0.29, 0.717) is 22.0 Å². The largest absolute Gasteiger partial charge is 0.508 e. The Labute approximate surface area is 119 Å². The molecule has 0 amide bonds. The van der Waals surface area contributed by atoms with Gasteiger partial charge in [-0.1, -0.05) is 11.6 Å². The highest BCUT2D eigenvalue weighted by Gasteiger charge is 2.15. The minimum absolute atomic E-state index is 0.0169. The second-order valence-electron chi connectivity index (χ2n) is 4.22. The molecule has 102 valence electrons. The minimum atomic E-state index is -0.581. The normalized spacial score (nSPS) is 10.9. The molecular formula is C14H10ClFN2O2. The molecule has 4 nitrogen and oxygen atoms in total. The van der Waals surface area contributed by atoms with Gasteiger partial charge in [-0.15, -0.1) is 0 Å². The van der Waals surface area contributed by atoms with Crippen LogP contribution in [0.25, 0.3) is 16.6 Å². The monoisotopic (exact) mass is 292 g/mol. The zero-order valence-electron chi connectivity index (χ0n) is 10.5. The smallest absolute Gasteiger partial charge is 0.224 e. The first-order chi connectivity index (χ1) is 9.60. The Morgan fingerprint density at radius 1 is 1.25 bits per heavy atom. The van der Waals surface area contributed by atoms with E-state index in [1.165, 1.54) is 19.2 Å². The molecule has 1 aromatic heterocycles. The Balaban J connectivity index is 2.22. The summed E-state index contributed by atoms with van der Waals surface area (Å²) in [7, 11) is 1.52. The molecule has 0 aliphatic heterocycles. The maximum Gasteiger partial charge on any atom is 0.224 e. The third-order valence-corrected chi connectivity index (χ3v) is 3.28. The number of aromatic nitrogens is 2. The van der Waals surface area contributed by atoms with Crippen LogP contribution in [0.5, 0.6) is 11.5 Å². The highest BCUT2D eigenvalue weighted by molar-refractivity contribution is 6.32. The predicted octanol–water partition coefficient (Wildman–Crippen LogP) is 3.53. The standard InChI is InChI=1S/C14H10ClFN2O2/c1-20-9-3-5-13(11(15)7-9)18-14(16)10-6-8(19)2-4-12(10)17-18/h2-7,19H,1H3. The topological polar surface area (TPSA) is 47.3 Å². The second kappa shape index (κ2) is 4.68. The van der Waals surface area contributed by atoms with Gasteiger partial charge in [-0.05, 0) is 30.3 Å². The maximum atomic E-state index is 14.4. The van der Waals surface area contributed by atoms with E-state index < -0.39 is 5.95 Å². The van der Waals surface area contributed by atoms with Gasteiger partial charge in [-0.25, -0.2) is 4.68 Å². The van der Waals surface area contributed by atoms with Gasteiger partial charge in [0.15, 0.2) is 0 Å². The molecule has 0 unspecified atom stereocenters. The Morgan fingerprint density at radius 3 is 2.75 bits per heavy atom. The number of rotatable bonds is 2. The fraction of sp³-hybridized carbons (Fsp3) is 0.0714. The molecule has 0 bridgehead atoms. The highest BCUT2D eigenvalue weighted by atomic mass is 35.5. The van der Waals surface area contributed by atoms with Crippen LogP contribution in [0, 0.1) is 5.95 Å². The molecule has 0 spiro atoms. The third-order valence-electron chi connectivity index (χ3n) is 2.98. The van der Waals surface area contributed by atoms with Crippen molar-refractivity contribution >= 4 is 22.5 Å². The first kappa shape index (κ1) is 12.7. The lowest BCUT2D eigenvalue weighted by Gasteiger charge is -2.06. The number of fused-ring (bicyclic) bond motifs is 1. The summed E-state index contributed by atoms with van der Waals surface area (Å²) in [6, 6.07) is 9.20. The van der Waals surface area contributed by atoms with Gasteiger partial charge in [0.2, 0.25) is 5.95 Å². The molecule has 1 N–H and O–H groups in total. The fourth-order valence-corrected chi connectivity index (χ4v) is 2.24. The zero-order valence-corrected chi connectivity index (χ0v) is 11.2. The van der Waals surface area contributed by atoms with Crippen LogP contribution in [0.3, 0.4) is 0 Å². The van der Waals surface area contributed by atoms with E-state index in [1.54, 1.807) is 24.3 Å². The van der Waals surface area contributed by atoms with Crippen molar-refractivity contribution in [2.24, 2.45) is 0 Å². The van der Waals surface area contributed by atoms with Crippen molar-refractivity contribution in [1.82, 2.24) is 9.78 Å². The Kier molecular flexibility index (Phi) is 2.99. The number of ether oxygens (including phenoxy) is 1. The van der Waals surface area contributed by atoms with Crippen molar-refractivity contribution in [3.05, 3.63) is 47.4 Å². The van der Waals surface area contributed by atoms with Crippen LogP contribution in [0.4, 0.5) is 4.39 Å². The number of benzene rings is 2. The molecule has 3 aromatic rings. The summed E-state index contributed by atoms with van der Waals surface area (Å²) in [4.78, 5) is 0. The lowest BCUT2D eigenvalue weighted by atomic mass is 10.2. The lowest BCUT2D eigenvalue weighted by molar-refractivity contribution is 0.414. The summed E-state index contributed by atoms with van der Waals surface area (Å²) >= 11 is 6.12. The van der Waals surface area contributed by atoms with Crippen molar-refractivity contribution in [2.75, 3.05) is 7.11 Å². The minimum Gasteiger partial charge on any atom is -0.508 e. The van der Waals surface area contributed by atoms with Gasteiger partial charge in [0.25, 0.3) is 0 Å². The Morgan fingerprint density at radius 2 is 2.05 bits per heavy atom.